The Kier molecular flexibility index (Phi) is 4.48. The summed E-state index contributed by atoms with van der Waals surface area (Å²) in [4.78, 5) is 2.31. The molecule has 0 saturated heterocycles. The highest BCUT2D eigenvalue weighted by Gasteiger charge is 2.03. The summed E-state index contributed by atoms with van der Waals surface area (Å²) in [5.41, 5.74) is 0.670. The first kappa shape index (κ1) is 12.9. The maximum atomic E-state index is 8.79. The molecule has 0 atom stereocenters. The Morgan fingerprint density at radius 2 is 1.82 bits per heavy atom. The Morgan fingerprint density at radius 1 is 1.12 bits per heavy atom. The second-order valence-electron chi connectivity index (χ2n) is 3.31. The average Bonchev–Trinajstić information content (AvgIpc) is 2.34. The Bertz CT molecular complexity index is 575. The van der Waals surface area contributed by atoms with Crippen LogP contribution in [0.2, 0.25) is 0 Å². The van der Waals surface area contributed by atoms with E-state index < -0.39 is 0 Å². The van der Waals surface area contributed by atoms with E-state index in [4.69, 9.17) is 5.26 Å². The summed E-state index contributed by atoms with van der Waals surface area (Å²) in [5.74, 6) is 0. The van der Waals surface area contributed by atoms with Crippen LogP contribution in [0.1, 0.15) is 5.56 Å². The van der Waals surface area contributed by atoms with Gasteiger partial charge in [-0.1, -0.05) is 11.8 Å². The van der Waals surface area contributed by atoms with Gasteiger partial charge in [-0.3, -0.25) is 0 Å². The van der Waals surface area contributed by atoms with E-state index in [2.05, 4.69) is 68.9 Å². The van der Waals surface area contributed by atoms with Crippen LogP contribution < -0.4 is 0 Å². The summed E-state index contributed by atoms with van der Waals surface area (Å²) in [5, 5.41) is 8.79. The van der Waals surface area contributed by atoms with Gasteiger partial charge in [0.15, 0.2) is 0 Å². The molecule has 0 spiro atoms. The van der Waals surface area contributed by atoms with E-state index >= 15 is 0 Å². The molecule has 2 aromatic rings. The van der Waals surface area contributed by atoms with Gasteiger partial charge in [-0.05, 0) is 81.0 Å². The first-order valence-electron chi connectivity index (χ1n) is 4.82. The van der Waals surface area contributed by atoms with Gasteiger partial charge in [-0.25, -0.2) is 0 Å². The van der Waals surface area contributed by atoms with Crippen molar-refractivity contribution in [3.05, 3.63) is 56.1 Å². The number of hydrogen-bond donors (Lipinski definition) is 0. The van der Waals surface area contributed by atoms with E-state index in [-0.39, 0.29) is 0 Å². The second kappa shape index (κ2) is 5.89. The molecule has 0 amide bonds. The molecule has 2 rings (SSSR count). The van der Waals surface area contributed by atoms with Crippen LogP contribution in [0.3, 0.4) is 0 Å². The van der Waals surface area contributed by atoms with Crippen molar-refractivity contribution in [2.75, 3.05) is 0 Å². The molecule has 1 nitrogen and oxygen atoms in total. The van der Waals surface area contributed by atoms with Crippen LogP contribution in [0.15, 0.2) is 56.7 Å². The molecular weight excluding hydrogens is 409 g/mol. The number of benzene rings is 2. The lowest BCUT2D eigenvalue weighted by atomic mass is 10.2. The van der Waals surface area contributed by atoms with Crippen molar-refractivity contribution in [3.8, 4) is 6.07 Å². The highest BCUT2D eigenvalue weighted by molar-refractivity contribution is 14.1. The normalized spacial score (nSPS) is 9.94. The van der Waals surface area contributed by atoms with Crippen molar-refractivity contribution in [1.29, 1.82) is 5.26 Å². The van der Waals surface area contributed by atoms with Crippen LogP contribution in [-0.4, -0.2) is 0 Å². The minimum absolute atomic E-state index is 0.670. The number of rotatable bonds is 2. The quantitative estimate of drug-likeness (QED) is 0.639. The monoisotopic (exact) mass is 415 g/mol. The van der Waals surface area contributed by atoms with Gasteiger partial charge in [0.2, 0.25) is 0 Å². The lowest BCUT2D eigenvalue weighted by Gasteiger charge is -2.04. The molecule has 0 unspecified atom stereocenters. The van der Waals surface area contributed by atoms with Gasteiger partial charge in [0, 0.05) is 17.8 Å². The Balaban J connectivity index is 2.25. The Labute approximate surface area is 126 Å². The van der Waals surface area contributed by atoms with Crippen molar-refractivity contribution in [1.82, 2.24) is 0 Å². The highest BCUT2D eigenvalue weighted by Crippen LogP contribution is 2.34. The minimum atomic E-state index is 0.670. The van der Waals surface area contributed by atoms with Gasteiger partial charge in [-0.2, -0.15) is 5.26 Å². The van der Waals surface area contributed by atoms with E-state index in [9.17, 15) is 0 Å². The maximum Gasteiger partial charge on any atom is 0.0992 e. The fourth-order valence-electron chi connectivity index (χ4n) is 1.28. The molecule has 0 aliphatic rings. The van der Waals surface area contributed by atoms with Crippen molar-refractivity contribution in [3.63, 3.8) is 0 Å². The standard InChI is InChI=1S/C13H7BrINS/c14-12-7-9(8-16)1-6-13(12)17-11-4-2-10(15)3-5-11/h1-7H. The molecule has 84 valence electrons. The topological polar surface area (TPSA) is 23.8 Å². The predicted octanol–water partition coefficient (Wildman–Crippen LogP) is 5.08. The lowest BCUT2D eigenvalue weighted by Crippen LogP contribution is -1.79. The van der Waals surface area contributed by atoms with Gasteiger partial charge < -0.3 is 0 Å². The van der Waals surface area contributed by atoms with Gasteiger partial charge in [-0.15, -0.1) is 0 Å². The molecule has 4 heteroatoms. The summed E-state index contributed by atoms with van der Waals surface area (Å²) >= 11 is 7.46. The van der Waals surface area contributed by atoms with E-state index in [0.29, 0.717) is 5.56 Å². The zero-order valence-corrected chi connectivity index (χ0v) is 13.2. The fourth-order valence-corrected chi connectivity index (χ4v) is 3.08. The van der Waals surface area contributed by atoms with E-state index in [1.807, 2.05) is 18.2 Å². The number of nitriles is 1. The molecule has 2 aromatic carbocycles. The molecule has 0 aromatic heterocycles. The molecule has 0 saturated carbocycles. The summed E-state index contributed by atoms with van der Waals surface area (Å²) in [6, 6.07) is 16.1. The zero-order valence-electron chi connectivity index (χ0n) is 8.65. The van der Waals surface area contributed by atoms with Gasteiger partial charge in [0.05, 0.1) is 11.6 Å². The van der Waals surface area contributed by atoms with Crippen molar-refractivity contribution >= 4 is 50.3 Å². The SMILES string of the molecule is N#Cc1ccc(Sc2ccc(I)cc2)c(Br)c1. The van der Waals surface area contributed by atoms with E-state index in [1.54, 1.807) is 11.8 Å². The number of hydrogen-bond acceptors (Lipinski definition) is 2. The van der Waals surface area contributed by atoms with E-state index in [0.717, 1.165) is 9.37 Å². The molecule has 0 fully saturated rings. The maximum absolute atomic E-state index is 8.79. The zero-order chi connectivity index (χ0) is 12.3. The minimum Gasteiger partial charge on any atom is -0.192 e. The van der Waals surface area contributed by atoms with Crippen LogP contribution in [0, 0.1) is 14.9 Å². The molecular formula is C13H7BrINS. The molecule has 0 radical (unpaired) electrons. The third-order valence-corrected chi connectivity index (χ3v) is 4.82. The average molecular weight is 416 g/mol. The summed E-state index contributed by atoms with van der Waals surface area (Å²) in [7, 11) is 0. The molecule has 0 bridgehead atoms. The summed E-state index contributed by atoms with van der Waals surface area (Å²) < 4.78 is 2.19. The number of halogens is 2. The third-order valence-electron chi connectivity index (χ3n) is 2.10. The predicted molar refractivity (Wildman–Crippen MR) is 82.1 cm³/mol. The summed E-state index contributed by atoms with van der Waals surface area (Å²) in [6.45, 7) is 0. The van der Waals surface area contributed by atoms with Crippen LogP contribution in [0.4, 0.5) is 0 Å². The highest BCUT2D eigenvalue weighted by atomic mass is 127. The Morgan fingerprint density at radius 3 is 2.41 bits per heavy atom. The van der Waals surface area contributed by atoms with Crippen LogP contribution >= 0.6 is 50.3 Å². The molecule has 0 N–H and O–H groups in total. The van der Waals surface area contributed by atoms with Gasteiger partial charge in [0.1, 0.15) is 0 Å². The smallest absolute Gasteiger partial charge is 0.0992 e. The second-order valence-corrected chi connectivity index (χ2v) is 6.53. The summed E-state index contributed by atoms with van der Waals surface area (Å²) in [6.07, 6.45) is 0. The number of nitrogens with zero attached hydrogens (tertiary/aromatic N) is 1. The first-order chi connectivity index (χ1) is 8.19. The molecule has 17 heavy (non-hydrogen) atoms. The fraction of sp³-hybridized carbons (Fsp3) is 0. The first-order valence-corrected chi connectivity index (χ1v) is 7.51. The van der Waals surface area contributed by atoms with Crippen LogP contribution in [0.25, 0.3) is 0 Å². The molecule has 0 aliphatic carbocycles. The van der Waals surface area contributed by atoms with Crippen molar-refractivity contribution < 1.29 is 0 Å². The van der Waals surface area contributed by atoms with Crippen LogP contribution in [0.5, 0.6) is 0 Å². The molecule has 0 aliphatic heterocycles. The van der Waals surface area contributed by atoms with Gasteiger partial charge >= 0.3 is 0 Å². The van der Waals surface area contributed by atoms with E-state index in [1.165, 1.54) is 8.47 Å². The third kappa shape index (κ3) is 3.47. The lowest BCUT2D eigenvalue weighted by molar-refractivity contribution is 1.35. The Hall–Kier alpha value is -0.510. The van der Waals surface area contributed by atoms with Crippen LogP contribution in [-0.2, 0) is 0 Å². The van der Waals surface area contributed by atoms with Crippen molar-refractivity contribution in [2.45, 2.75) is 9.79 Å². The largest absolute Gasteiger partial charge is 0.192 e. The van der Waals surface area contributed by atoms with Crippen molar-refractivity contribution in [2.24, 2.45) is 0 Å². The van der Waals surface area contributed by atoms with Gasteiger partial charge in [0.25, 0.3) is 0 Å². The molecule has 0 heterocycles.